The Morgan fingerprint density at radius 3 is 2.45 bits per heavy atom. The monoisotopic (exact) mass is 533 g/mol. The molecule has 33 heavy (non-hydrogen) atoms. The van der Waals surface area contributed by atoms with Crippen LogP contribution in [0, 0.1) is 0 Å². The number of methoxy groups -OCH3 is 1. The number of carbonyl (C=O) groups is 1. The number of ether oxygens (including phenoxy) is 2. The smallest absolute Gasteiger partial charge is 0.387 e. The lowest BCUT2D eigenvalue weighted by Gasteiger charge is -2.17. The summed E-state index contributed by atoms with van der Waals surface area (Å²) in [5.41, 5.74) is -0.0884. The Labute approximate surface area is 192 Å². The Kier molecular flexibility index (Phi) is 6.21. The lowest BCUT2D eigenvalue weighted by molar-refractivity contribution is -0.0502. The molecule has 3 aromatic rings. The first-order valence-electron chi connectivity index (χ1n) is 9.67. The molecular formula is C21H17BrF5N3O3. The zero-order valence-electron chi connectivity index (χ0n) is 17.2. The largest absolute Gasteiger partial charge is 0.496 e. The molecule has 0 spiro atoms. The zero-order valence-corrected chi connectivity index (χ0v) is 18.8. The molecule has 6 nitrogen and oxygen atoms in total. The van der Waals surface area contributed by atoms with Crippen molar-refractivity contribution in [2.75, 3.05) is 7.11 Å². The molecule has 0 bridgehead atoms. The van der Waals surface area contributed by atoms with Gasteiger partial charge in [-0.25, -0.2) is 13.2 Å². The Bertz CT molecular complexity index is 1230. The minimum absolute atomic E-state index is 0.108. The van der Waals surface area contributed by atoms with Crippen LogP contribution in [-0.4, -0.2) is 41.6 Å². The van der Waals surface area contributed by atoms with E-state index in [9.17, 15) is 26.7 Å². The highest BCUT2D eigenvalue weighted by atomic mass is 79.9. The molecule has 1 heterocycles. The van der Waals surface area contributed by atoms with Crippen LogP contribution in [-0.2, 0) is 7.05 Å². The molecule has 0 unspecified atom stereocenters. The number of aromatic nitrogens is 2. The summed E-state index contributed by atoms with van der Waals surface area (Å²) in [6, 6.07) is 4.52. The summed E-state index contributed by atoms with van der Waals surface area (Å²) in [6.07, 6.45) is -3.94. The third kappa shape index (κ3) is 4.48. The Hall–Kier alpha value is -2.89. The predicted octanol–water partition coefficient (Wildman–Crippen LogP) is 5.39. The first kappa shape index (κ1) is 23.3. The molecule has 1 amide bonds. The van der Waals surface area contributed by atoms with Crippen LogP contribution in [0.25, 0.3) is 22.2 Å². The number of rotatable bonds is 7. The number of hydrogen-bond donors (Lipinski definition) is 1. The van der Waals surface area contributed by atoms with Gasteiger partial charge in [-0.05, 0) is 24.3 Å². The third-order valence-corrected chi connectivity index (χ3v) is 5.66. The molecule has 1 aromatic heterocycles. The second-order valence-corrected chi connectivity index (χ2v) is 8.34. The van der Waals surface area contributed by atoms with Crippen molar-refractivity contribution in [1.29, 1.82) is 0 Å². The van der Waals surface area contributed by atoms with Gasteiger partial charge in [0.2, 0.25) is 0 Å². The van der Waals surface area contributed by atoms with Gasteiger partial charge in [-0.2, -0.15) is 13.9 Å². The molecule has 0 radical (unpaired) electrons. The number of carbonyl (C=O) groups excluding carboxylic acids is 1. The number of alkyl halides is 5. The van der Waals surface area contributed by atoms with Crippen LogP contribution in [0.2, 0.25) is 0 Å². The van der Waals surface area contributed by atoms with Crippen LogP contribution >= 0.6 is 15.9 Å². The number of fused-ring (bicyclic) bond motifs is 1. The second kappa shape index (κ2) is 8.81. The van der Waals surface area contributed by atoms with Crippen LogP contribution in [0.5, 0.6) is 11.5 Å². The van der Waals surface area contributed by atoms with Crippen molar-refractivity contribution in [1.82, 2.24) is 15.1 Å². The topological polar surface area (TPSA) is 65.4 Å². The molecule has 1 N–H and O–H groups in total. The molecule has 2 atom stereocenters. The fourth-order valence-corrected chi connectivity index (χ4v) is 4.14. The van der Waals surface area contributed by atoms with E-state index in [1.54, 1.807) is 6.07 Å². The van der Waals surface area contributed by atoms with E-state index in [4.69, 9.17) is 4.74 Å². The van der Waals surface area contributed by atoms with Crippen molar-refractivity contribution >= 4 is 32.7 Å². The lowest BCUT2D eigenvalue weighted by atomic mass is 10.00. The van der Waals surface area contributed by atoms with Crippen LogP contribution < -0.4 is 14.8 Å². The van der Waals surface area contributed by atoms with Gasteiger partial charge >= 0.3 is 6.61 Å². The summed E-state index contributed by atoms with van der Waals surface area (Å²) in [4.78, 5) is 12.7. The van der Waals surface area contributed by atoms with E-state index < -0.39 is 36.9 Å². The molecule has 1 fully saturated rings. The van der Waals surface area contributed by atoms with Crippen LogP contribution in [0.1, 0.15) is 28.8 Å². The van der Waals surface area contributed by atoms with E-state index in [1.807, 2.05) is 0 Å². The maximum Gasteiger partial charge on any atom is 0.387 e. The summed E-state index contributed by atoms with van der Waals surface area (Å²) in [6.45, 7) is -3.29. The highest BCUT2D eigenvalue weighted by Gasteiger charge is 2.40. The van der Waals surface area contributed by atoms with Gasteiger partial charge in [0.15, 0.2) is 0 Å². The van der Waals surface area contributed by atoms with Crippen molar-refractivity contribution in [3.8, 4) is 22.8 Å². The summed E-state index contributed by atoms with van der Waals surface area (Å²) in [7, 11) is 2.72. The summed E-state index contributed by atoms with van der Waals surface area (Å²) < 4.78 is 78.8. The molecule has 0 aliphatic heterocycles. The van der Waals surface area contributed by atoms with E-state index in [-0.39, 0.29) is 45.5 Å². The van der Waals surface area contributed by atoms with Crippen molar-refractivity contribution in [3.05, 3.63) is 39.9 Å². The maximum absolute atomic E-state index is 13.8. The first-order valence-corrected chi connectivity index (χ1v) is 10.5. The van der Waals surface area contributed by atoms with Crippen molar-refractivity contribution in [3.63, 3.8) is 0 Å². The van der Waals surface area contributed by atoms with Gasteiger partial charge in [0.25, 0.3) is 12.3 Å². The van der Waals surface area contributed by atoms with Crippen LogP contribution in [0.4, 0.5) is 22.0 Å². The molecule has 1 aliphatic carbocycles. The predicted molar refractivity (Wildman–Crippen MR) is 113 cm³/mol. The third-order valence-electron chi connectivity index (χ3n) is 5.20. The summed E-state index contributed by atoms with van der Waals surface area (Å²) >= 11 is 3.18. The van der Waals surface area contributed by atoms with Gasteiger partial charge in [0, 0.05) is 34.5 Å². The number of halogens is 6. The number of amides is 1. The SMILES string of the molecule is COc1cc(-c2c3c(C(F)F)cc(Br)cc3nn2C)cc(OC(F)F)c1C(=O)N[C@@H]1C[C@@H]1F. The van der Waals surface area contributed by atoms with E-state index in [2.05, 4.69) is 31.1 Å². The molecule has 2 aromatic carbocycles. The highest BCUT2D eigenvalue weighted by molar-refractivity contribution is 9.10. The van der Waals surface area contributed by atoms with Gasteiger partial charge in [0.05, 0.1) is 24.4 Å². The van der Waals surface area contributed by atoms with E-state index in [0.29, 0.717) is 4.47 Å². The molecule has 176 valence electrons. The summed E-state index contributed by atoms with van der Waals surface area (Å²) in [5.74, 6) is -1.55. The zero-order chi connectivity index (χ0) is 24.0. The second-order valence-electron chi connectivity index (χ2n) is 7.42. The molecule has 4 rings (SSSR count). The maximum atomic E-state index is 13.8. The molecule has 1 aliphatic rings. The molecule has 1 saturated carbocycles. The number of hydrogen-bond acceptors (Lipinski definition) is 4. The standard InChI is InChI=1S/C21H17BrF5N3O3/c1-30-18(16-10(19(24)25)5-9(22)6-13(16)29-30)8-3-14(32-2)17(15(4-8)33-21(26)27)20(31)28-12-7-11(12)23/h3-6,11-12,19,21H,7H2,1-2H3,(H,28,31)/t11-,12+/m0/s1. The Morgan fingerprint density at radius 1 is 1.21 bits per heavy atom. The van der Waals surface area contributed by atoms with Gasteiger partial charge in [-0.15, -0.1) is 0 Å². The fourth-order valence-electron chi connectivity index (χ4n) is 3.68. The minimum atomic E-state index is -3.29. The van der Waals surface area contributed by atoms with Crippen molar-refractivity contribution in [2.45, 2.75) is 31.7 Å². The fraction of sp³-hybridized carbons (Fsp3) is 0.333. The minimum Gasteiger partial charge on any atom is -0.496 e. The lowest BCUT2D eigenvalue weighted by Crippen LogP contribution is -2.28. The number of nitrogens with one attached hydrogen (secondary N) is 1. The Morgan fingerprint density at radius 2 is 1.88 bits per heavy atom. The Balaban J connectivity index is 1.93. The van der Waals surface area contributed by atoms with Gasteiger partial charge in [0.1, 0.15) is 23.2 Å². The quantitative estimate of drug-likeness (QED) is 0.413. The molecule has 0 saturated heterocycles. The van der Waals surface area contributed by atoms with Crippen LogP contribution in [0.3, 0.4) is 0 Å². The van der Waals surface area contributed by atoms with E-state index in [1.165, 1.54) is 31.0 Å². The van der Waals surface area contributed by atoms with E-state index >= 15 is 0 Å². The summed E-state index contributed by atoms with van der Waals surface area (Å²) in [5, 5.41) is 6.76. The number of aryl methyl sites for hydroxylation is 1. The first-order chi connectivity index (χ1) is 15.6. The number of nitrogens with zero attached hydrogens (tertiary/aromatic N) is 2. The van der Waals surface area contributed by atoms with Crippen molar-refractivity contribution in [2.24, 2.45) is 7.05 Å². The average Bonchev–Trinajstić information content (AvgIpc) is 3.30. The van der Waals surface area contributed by atoms with Gasteiger partial charge in [-0.1, -0.05) is 15.9 Å². The highest BCUT2D eigenvalue weighted by Crippen LogP contribution is 2.42. The molecular weight excluding hydrogens is 517 g/mol. The average molecular weight is 534 g/mol. The van der Waals surface area contributed by atoms with Gasteiger partial charge < -0.3 is 14.8 Å². The van der Waals surface area contributed by atoms with Crippen LogP contribution in [0.15, 0.2) is 28.7 Å². The van der Waals surface area contributed by atoms with E-state index in [0.717, 1.165) is 6.07 Å². The molecule has 12 heteroatoms. The number of benzene rings is 2. The van der Waals surface area contributed by atoms with Crippen molar-refractivity contribution < 1.29 is 36.2 Å². The normalized spacial score (nSPS) is 17.6. The van der Waals surface area contributed by atoms with Gasteiger partial charge in [-0.3, -0.25) is 9.48 Å².